The highest BCUT2D eigenvalue weighted by Crippen LogP contribution is 2.25. The van der Waals surface area contributed by atoms with E-state index in [0.717, 1.165) is 22.2 Å². The molecule has 0 saturated heterocycles. The molecule has 88 valence electrons. The van der Waals surface area contributed by atoms with E-state index in [1.807, 2.05) is 26.0 Å². The monoisotopic (exact) mass is 292 g/mol. The fourth-order valence-electron chi connectivity index (χ4n) is 1.71. The SMILES string of the molecule is CCc1c(C)nc(-c2ncccc2Br)nc1N. The molecule has 4 nitrogen and oxygen atoms in total. The van der Waals surface area contributed by atoms with Crippen LogP contribution in [0.3, 0.4) is 0 Å². The molecule has 0 unspecified atom stereocenters. The Kier molecular flexibility index (Phi) is 3.38. The first-order valence-corrected chi connectivity index (χ1v) is 6.16. The van der Waals surface area contributed by atoms with Gasteiger partial charge in [0.1, 0.15) is 11.5 Å². The van der Waals surface area contributed by atoms with Crippen LogP contribution in [0.2, 0.25) is 0 Å². The van der Waals surface area contributed by atoms with Crippen molar-refractivity contribution in [2.24, 2.45) is 0 Å². The Morgan fingerprint density at radius 1 is 1.35 bits per heavy atom. The largest absolute Gasteiger partial charge is 0.383 e. The van der Waals surface area contributed by atoms with Crippen molar-refractivity contribution in [2.75, 3.05) is 5.73 Å². The third-order valence-corrected chi connectivity index (χ3v) is 3.21. The standard InChI is InChI=1S/C12H13BrN4/c1-3-8-7(2)16-12(17-11(8)14)10-9(13)5-4-6-15-10/h4-6H,3H2,1-2H3,(H2,14,16,17). The van der Waals surface area contributed by atoms with Crippen molar-refractivity contribution in [2.45, 2.75) is 20.3 Å². The Morgan fingerprint density at radius 3 is 2.71 bits per heavy atom. The zero-order valence-corrected chi connectivity index (χ0v) is 11.3. The second-order valence-electron chi connectivity index (χ2n) is 3.68. The number of rotatable bonds is 2. The molecule has 0 fully saturated rings. The molecule has 0 aromatic carbocycles. The van der Waals surface area contributed by atoms with Gasteiger partial charge in [0.2, 0.25) is 0 Å². The molecule has 0 bridgehead atoms. The summed E-state index contributed by atoms with van der Waals surface area (Å²) >= 11 is 3.43. The van der Waals surface area contributed by atoms with E-state index in [0.29, 0.717) is 17.3 Å². The van der Waals surface area contributed by atoms with Crippen LogP contribution in [-0.2, 0) is 6.42 Å². The molecular weight excluding hydrogens is 280 g/mol. The topological polar surface area (TPSA) is 64.7 Å². The summed E-state index contributed by atoms with van der Waals surface area (Å²) in [5.41, 5.74) is 8.55. The summed E-state index contributed by atoms with van der Waals surface area (Å²) in [5, 5.41) is 0. The lowest BCUT2D eigenvalue weighted by molar-refractivity contribution is 1.00. The van der Waals surface area contributed by atoms with E-state index >= 15 is 0 Å². The van der Waals surface area contributed by atoms with Gasteiger partial charge in [0.15, 0.2) is 5.82 Å². The molecule has 2 heterocycles. The van der Waals surface area contributed by atoms with Gasteiger partial charge >= 0.3 is 0 Å². The van der Waals surface area contributed by atoms with Gasteiger partial charge in [0, 0.05) is 21.9 Å². The maximum atomic E-state index is 5.93. The Hall–Kier alpha value is -1.49. The predicted octanol–water partition coefficient (Wildman–Crippen LogP) is 2.75. The zero-order chi connectivity index (χ0) is 12.4. The van der Waals surface area contributed by atoms with Gasteiger partial charge in [0.05, 0.1) is 0 Å². The van der Waals surface area contributed by atoms with Crippen molar-refractivity contribution in [1.29, 1.82) is 0 Å². The van der Waals surface area contributed by atoms with E-state index in [9.17, 15) is 0 Å². The van der Waals surface area contributed by atoms with E-state index < -0.39 is 0 Å². The number of aryl methyl sites for hydroxylation is 1. The van der Waals surface area contributed by atoms with Gasteiger partial charge in [-0.15, -0.1) is 0 Å². The zero-order valence-electron chi connectivity index (χ0n) is 9.74. The van der Waals surface area contributed by atoms with Gasteiger partial charge in [-0.25, -0.2) is 9.97 Å². The van der Waals surface area contributed by atoms with E-state index in [2.05, 4.69) is 30.9 Å². The first kappa shape index (κ1) is 12.0. The van der Waals surface area contributed by atoms with Crippen molar-refractivity contribution >= 4 is 21.7 Å². The van der Waals surface area contributed by atoms with Crippen molar-refractivity contribution in [1.82, 2.24) is 15.0 Å². The lowest BCUT2D eigenvalue weighted by Gasteiger charge is -2.09. The smallest absolute Gasteiger partial charge is 0.181 e. The summed E-state index contributed by atoms with van der Waals surface area (Å²) in [7, 11) is 0. The van der Waals surface area contributed by atoms with Crippen LogP contribution < -0.4 is 5.73 Å². The average Bonchev–Trinajstić information content (AvgIpc) is 2.29. The number of halogens is 1. The lowest BCUT2D eigenvalue weighted by Crippen LogP contribution is -2.05. The normalized spacial score (nSPS) is 10.5. The van der Waals surface area contributed by atoms with E-state index in [1.54, 1.807) is 6.20 Å². The summed E-state index contributed by atoms with van der Waals surface area (Å²) in [6.07, 6.45) is 2.55. The van der Waals surface area contributed by atoms with Crippen LogP contribution in [0.4, 0.5) is 5.82 Å². The van der Waals surface area contributed by atoms with Crippen molar-refractivity contribution < 1.29 is 0 Å². The maximum Gasteiger partial charge on any atom is 0.181 e. The fraction of sp³-hybridized carbons (Fsp3) is 0.250. The Balaban J connectivity index is 2.59. The molecule has 5 heteroatoms. The Bertz CT molecular complexity index is 531. The molecule has 17 heavy (non-hydrogen) atoms. The highest BCUT2D eigenvalue weighted by atomic mass is 79.9. The minimum atomic E-state index is 0.535. The van der Waals surface area contributed by atoms with Gasteiger partial charge < -0.3 is 5.73 Å². The number of nitrogen functional groups attached to an aromatic ring is 1. The third kappa shape index (κ3) is 2.29. The summed E-state index contributed by atoms with van der Waals surface area (Å²) in [6, 6.07) is 3.76. The highest BCUT2D eigenvalue weighted by Gasteiger charge is 2.12. The van der Waals surface area contributed by atoms with E-state index in [4.69, 9.17) is 5.73 Å². The van der Waals surface area contributed by atoms with Crippen molar-refractivity contribution in [3.63, 3.8) is 0 Å². The van der Waals surface area contributed by atoms with Crippen LogP contribution in [0.5, 0.6) is 0 Å². The van der Waals surface area contributed by atoms with Gasteiger partial charge in [-0.3, -0.25) is 4.98 Å². The molecule has 2 aromatic heterocycles. The molecule has 2 aromatic rings. The van der Waals surface area contributed by atoms with Gasteiger partial charge in [0.25, 0.3) is 0 Å². The number of pyridine rings is 1. The molecular formula is C12H13BrN4. The molecule has 0 radical (unpaired) electrons. The molecule has 0 aliphatic carbocycles. The maximum absolute atomic E-state index is 5.93. The highest BCUT2D eigenvalue weighted by molar-refractivity contribution is 9.10. The Morgan fingerprint density at radius 2 is 2.12 bits per heavy atom. The van der Waals surface area contributed by atoms with Crippen molar-refractivity contribution in [3.05, 3.63) is 34.1 Å². The van der Waals surface area contributed by atoms with Crippen LogP contribution in [0, 0.1) is 6.92 Å². The van der Waals surface area contributed by atoms with E-state index in [-0.39, 0.29) is 0 Å². The molecule has 0 spiro atoms. The summed E-state index contributed by atoms with van der Waals surface area (Å²) in [4.78, 5) is 13.0. The minimum Gasteiger partial charge on any atom is -0.383 e. The number of anilines is 1. The van der Waals surface area contributed by atoms with E-state index in [1.165, 1.54) is 0 Å². The number of aromatic nitrogens is 3. The number of nitrogens with zero attached hydrogens (tertiary/aromatic N) is 3. The summed E-state index contributed by atoms with van der Waals surface area (Å²) in [5.74, 6) is 1.09. The molecule has 0 aliphatic rings. The van der Waals surface area contributed by atoms with Crippen molar-refractivity contribution in [3.8, 4) is 11.5 Å². The van der Waals surface area contributed by atoms with Crippen LogP contribution >= 0.6 is 15.9 Å². The molecule has 0 amide bonds. The van der Waals surface area contributed by atoms with Gasteiger partial charge in [-0.05, 0) is 41.4 Å². The minimum absolute atomic E-state index is 0.535. The Labute approximate surface area is 108 Å². The van der Waals surface area contributed by atoms with Crippen LogP contribution in [0.25, 0.3) is 11.5 Å². The van der Waals surface area contributed by atoms with Gasteiger partial charge in [-0.2, -0.15) is 0 Å². The van der Waals surface area contributed by atoms with Crippen LogP contribution in [-0.4, -0.2) is 15.0 Å². The van der Waals surface area contributed by atoms with Crippen LogP contribution in [0.1, 0.15) is 18.2 Å². The van der Waals surface area contributed by atoms with Gasteiger partial charge in [-0.1, -0.05) is 6.92 Å². The first-order chi connectivity index (χ1) is 8.13. The first-order valence-electron chi connectivity index (χ1n) is 5.37. The predicted molar refractivity (Wildman–Crippen MR) is 71.5 cm³/mol. The molecule has 0 saturated carbocycles. The number of hydrogen-bond donors (Lipinski definition) is 1. The second kappa shape index (κ2) is 4.79. The molecule has 0 atom stereocenters. The molecule has 2 rings (SSSR count). The summed E-state index contributed by atoms with van der Waals surface area (Å²) in [6.45, 7) is 3.98. The quantitative estimate of drug-likeness (QED) is 0.924. The molecule has 0 aliphatic heterocycles. The lowest BCUT2D eigenvalue weighted by atomic mass is 10.1. The number of nitrogens with two attached hydrogens (primary N) is 1. The number of hydrogen-bond acceptors (Lipinski definition) is 4. The summed E-state index contributed by atoms with van der Waals surface area (Å²) < 4.78 is 0.864. The molecule has 2 N–H and O–H groups in total. The second-order valence-corrected chi connectivity index (χ2v) is 4.54. The average molecular weight is 293 g/mol. The third-order valence-electron chi connectivity index (χ3n) is 2.57. The fourth-order valence-corrected chi connectivity index (χ4v) is 2.14. The van der Waals surface area contributed by atoms with Crippen LogP contribution in [0.15, 0.2) is 22.8 Å².